The Morgan fingerprint density at radius 1 is 1.04 bits per heavy atom. The monoisotopic (exact) mass is 381 g/mol. The summed E-state index contributed by atoms with van der Waals surface area (Å²) in [5.74, 6) is -0.368. The Labute approximate surface area is 162 Å². The lowest BCUT2D eigenvalue weighted by Gasteiger charge is -2.10. The average molecular weight is 382 g/mol. The summed E-state index contributed by atoms with van der Waals surface area (Å²) in [6.45, 7) is 5.78. The quantitative estimate of drug-likeness (QED) is 0.739. The van der Waals surface area contributed by atoms with Crippen LogP contribution in [0.3, 0.4) is 0 Å². The standard InChI is InChI=1S/C21H20ClN3O2/c1-13-4-7-19(17(22)10-13)23-20(26)12-25-21(27)9-8-18(24-25)16-6-5-14(2)15(3)11-16/h4-11H,12H2,1-3H3,(H,23,26). The molecule has 3 rings (SSSR count). The molecule has 6 heteroatoms. The number of benzene rings is 2. The van der Waals surface area contributed by atoms with E-state index in [0.29, 0.717) is 16.4 Å². The minimum absolute atomic E-state index is 0.193. The van der Waals surface area contributed by atoms with Gasteiger partial charge in [-0.1, -0.05) is 29.8 Å². The minimum atomic E-state index is -0.368. The van der Waals surface area contributed by atoms with Gasteiger partial charge in [0.2, 0.25) is 5.91 Å². The molecule has 2 aromatic carbocycles. The second-order valence-corrected chi connectivity index (χ2v) is 6.95. The highest BCUT2D eigenvalue weighted by Crippen LogP contribution is 2.23. The molecule has 1 aromatic heterocycles. The average Bonchev–Trinajstić information content (AvgIpc) is 2.62. The van der Waals surface area contributed by atoms with Gasteiger partial charge in [-0.3, -0.25) is 9.59 Å². The molecule has 0 fully saturated rings. The van der Waals surface area contributed by atoms with Crippen LogP contribution in [0.15, 0.2) is 53.3 Å². The summed E-state index contributed by atoms with van der Waals surface area (Å²) in [5.41, 5.74) is 5.02. The van der Waals surface area contributed by atoms with E-state index >= 15 is 0 Å². The molecule has 5 nitrogen and oxygen atoms in total. The zero-order valence-electron chi connectivity index (χ0n) is 15.4. The van der Waals surface area contributed by atoms with Gasteiger partial charge in [-0.05, 0) is 61.7 Å². The molecule has 3 aromatic rings. The number of aromatic nitrogens is 2. The van der Waals surface area contributed by atoms with Gasteiger partial charge in [-0.2, -0.15) is 5.10 Å². The molecule has 0 bridgehead atoms. The summed E-state index contributed by atoms with van der Waals surface area (Å²) in [4.78, 5) is 24.5. The lowest BCUT2D eigenvalue weighted by molar-refractivity contribution is -0.117. The molecule has 0 atom stereocenters. The van der Waals surface area contributed by atoms with Gasteiger partial charge in [-0.25, -0.2) is 4.68 Å². The molecule has 0 unspecified atom stereocenters. The molecule has 27 heavy (non-hydrogen) atoms. The molecule has 1 N–H and O–H groups in total. The minimum Gasteiger partial charge on any atom is -0.323 e. The summed E-state index contributed by atoms with van der Waals surface area (Å²) >= 11 is 6.14. The van der Waals surface area contributed by atoms with Crippen molar-refractivity contribution in [2.45, 2.75) is 27.3 Å². The molecule has 1 amide bonds. The lowest BCUT2D eigenvalue weighted by Crippen LogP contribution is -2.29. The third-order valence-electron chi connectivity index (χ3n) is 4.36. The topological polar surface area (TPSA) is 64.0 Å². The van der Waals surface area contributed by atoms with Crippen LogP contribution in [-0.4, -0.2) is 15.7 Å². The summed E-state index contributed by atoms with van der Waals surface area (Å²) in [6.07, 6.45) is 0. The van der Waals surface area contributed by atoms with Crippen molar-refractivity contribution in [3.05, 3.63) is 80.6 Å². The first-order chi connectivity index (χ1) is 12.8. The van der Waals surface area contributed by atoms with Gasteiger partial charge >= 0.3 is 0 Å². The first-order valence-electron chi connectivity index (χ1n) is 8.55. The normalized spacial score (nSPS) is 10.7. The maximum Gasteiger partial charge on any atom is 0.267 e. The number of carbonyl (C=O) groups is 1. The molecule has 1 heterocycles. The van der Waals surface area contributed by atoms with E-state index in [0.717, 1.165) is 21.4 Å². The van der Waals surface area contributed by atoms with Gasteiger partial charge < -0.3 is 5.32 Å². The number of nitrogens with one attached hydrogen (secondary N) is 1. The molecule has 0 spiro atoms. The van der Waals surface area contributed by atoms with E-state index < -0.39 is 0 Å². The summed E-state index contributed by atoms with van der Waals surface area (Å²) in [7, 11) is 0. The van der Waals surface area contributed by atoms with Crippen LogP contribution in [0.1, 0.15) is 16.7 Å². The van der Waals surface area contributed by atoms with Crippen LogP contribution in [0.5, 0.6) is 0 Å². The molecule has 138 valence electrons. The Hall–Kier alpha value is -2.92. The fourth-order valence-corrected chi connectivity index (χ4v) is 2.95. The number of carbonyl (C=O) groups excluding carboxylic acids is 1. The highest BCUT2D eigenvalue weighted by molar-refractivity contribution is 6.33. The van der Waals surface area contributed by atoms with Gasteiger partial charge in [-0.15, -0.1) is 0 Å². The van der Waals surface area contributed by atoms with Gasteiger partial charge in [0, 0.05) is 11.6 Å². The fourth-order valence-electron chi connectivity index (χ4n) is 2.66. The van der Waals surface area contributed by atoms with Crippen molar-refractivity contribution in [1.29, 1.82) is 0 Å². The van der Waals surface area contributed by atoms with E-state index in [1.807, 2.05) is 45.0 Å². The maximum absolute atomic E-state index is 12.3. The van der Waals surface area contributed by atoms with Crippen molar-refractivity contribution in [2.24, 2.45) is 0 Å². The first-order valence-corrected chi connectivity index (χ1v) is 8.93. The van der Waals surface area contributed by atoms with Crippen LogP contribution in [-0.2, 0) is 11.3 Å². The van der Waals surface area contributed by atoms with Crippen molar-refractivity contribution < 1.29 is 4.79 Å². The second kappa shape index (κ2) is 7.76. The van der Waals surface area contributed by atoms with Gasteiger partial charge in [0.1, 0.15) is 6.54 Å². The second-order valence-electron chi connectivity index (χ2n) is 6.54. The zero-order chi connectivity index (χ0) is 19.6. The van der Waals surface area contributed by atoms with Crippen LogP contribution in [0.25, 0.3) is 11.3 Å². The zero-order valence-corrected chi connectivity index (χ0v) is 16.2. The molecule has 0 radical (unpaired) electrons. The van der Waals surface area contributed by atoms with Gasteiger partial charge in [0.15, 0.2) is 0 Å². The maximum atomic E-state index is 12.3. The van der Waals surface area contributed by atoms with Crippen molar-refractivity contribution in [2.75, 3.05) is 5.32 Å². The fraction of sp³-hybridized carbons (Fsp3) is 0.190. The number of nitrogens with zero attached hydrogens (tertiary/aromatic N) is 2. The number of amides is 1. The van der Waals surface area contributed by atoms with Crippen LogP contribution >= 0.6 is 11.6 Å². The highest BCUT2D eigenvalue weighted by Gasteiger charge is 2.10. The SMILES string of the molecule is Cc1ccc(NC(=O)Cn2nc(-c3ccc(C)c(C)c3)ccc2=O)c(Cl)c1. The molecule has 0 aliphatic carbocycles. The van der Waals surface area contributed by atoms with E-state index in [1.165, 1.54) is 11.6 Å². The van der Waals surface area contributed by atoms with Crippen LogP contribution in [0, 0.1) is 20.8 Å². The van der Waals surface area contributed by atoms with Crippen molar-refractivity contribution in [3.63, 3.8) is 0 Å². The summed E-state index contributed by atoms with van der Waals surface area (Å²) < 4.78 is 1.15. The number of hydrogen-bond donors (Lipinski definition) is 1. The Bertz CT molecular complexity index is 1070. The molecule has 0 saturated heterocycles. The number of rotatable bonds is 4. The van der Waals surface area contributed by atoms with Crippen molar-refractivity contribution in [1.82, 2.24) is 9.78 Å². The number of aryl methyl sites for hydroxylation is 3. The van der Waals surface area contributed by atoms with Crippen LogP contribution in [0.2, 0.25) is 5.02 Å². The van der Waals surface area contributed by atoms with E-state index in [4.69, 9.17) is 11.6 Å². The van der Waals surface area contributed by atoms with Gasteiger partial charge in [0.05, 0.1) is 16.4 Å². The summed E-state index contributed by atoms with van der Waals surface area (Å²) in [6, 6.07) is 14.4. The number of anilines is 1. The Morgan fingerprint density at radius 2 is 1.81 bits per heavy atom. The van der Waals surface area contributed by atoms with E-state index in [1.54, 1.807) is 18.2 Å². The number of halogens is 1. The molecule has 0 aliphatic heterocycles. The molecular weight excluding hydrogens is 362 g/mol. The Morgan fingerprint density at radius 3 is 2.52 bits per heavy atom. The summed E-state index contributed by atoms with van der Waals surface area (Å²) in [5, 5.41) is 7.51. The molecule has 0 aliphatic rings. The largest absolute Gasteiger partial charge is 0.323 e. The molecular formula is C21H20ClN3O2. The lowest BCUT2D eigenvalue weighted by atomic mass is 10.0. The smallest absolute Gasteiger partial charge is 0.267 e. The third kappa shape index (κ3) is 4.44. The highest BCUT2D eigenvalue weighted by atomic mass is 35.5. The van der Waals surface area contributed by atoms with E-state index in [-0.39, 0.29) is 18.0 Å². The Kier molecular flexibility index (Phi) is 5.42. The first kappa shape index (κ1) is 18.9. The van der Waals surface area contributed by atoms with Crippen LogP contribution < -0.4 is 10.9 Å². The third-order valence-corrected chi connectivity index (χ3v) is 4.67. The van der Waals surface area contributed by atoms with Crippen LogP contribution in [0.4, 0.5) is 5.69 Å². The number of hydrogen-bond acceptors (Lipinski definition) is 3. The Balaban J connectivity index is 1.83. The molecule has 0 saturated carbocycles. The predicted octanol–water partition coefficient (Wildman–Crippen LogP) is 4.13. The van der Waals surface area contributed by atoms with Crippen molar-refractivity contribution >= 4 is 23.2 Å². The van der Waals surface area contributed by atoms with Crippen molar-refractivity contribution in [3.8, 4) is 11.3 Å². The van der Waals surface area contributed by atoms with E-state index in [9.17, 15) is 9.59 Å². The predicted molar refractivity (Wildman–Crippen MR) is 108 cm³/mol. The van der Waals surface area contributed by atoms with Gasteiger partial charge in [0.25, 0.3) is 5.56 Å². The van der Waals surface area contributed by atoms with E-state index in [2.05, 4.69) is 10.4 Å².